The van der Waals surface area contributed by atoms with Gasteiger partial charge in [-0.1, -0.05) is 43.7 Å². The molecule has 0 spiro atoms. The molecular formula is C36H35N3O6S. The van der Waals surface area contributed by atoms with Crippen molar-refractivity contribution in [2.75, 3.05) is 30.1 Å². The van der Waals surface area contributed by atoms with Crippen LogP contribution in [0.15, 0.2) is 114 Å². The topological polar surface area (TPSA) is 123 Å². The third-order valence-electron chi connectivity index (χ3n) is 6.57. The lowest BCUT2D eigenvalue weighted by molar-refractivity contribution is -0.114. The van der Waals surface area contributed by atoms with Gasteiger partial charge in [-0.3, -0.25) is 14.4 Å². The Morgan fingerprint density at radius 2 is 1.41 bits per heavy atom. The molecule has 4 aromatic rings. The van der Waals surface area contributed by atoms with Crippen LogP contribution in [0.1, 0.15) is 46.0 Å². The lowest BCUT2D eigenvalue weighted by Gasteiger charge is -2.12. The predicted molar refractivity (Wildman–Crippen MR) is 181 cm³/mol. The molecule has 0 heterocycles. The highest BCUT2D eigenvalue weighted by atomic mass is 32.2. The average molecular weight is 638 g/mol. The maximum Gasteiger partial charge on any atom is 0.338 e. The van der Waals surface area contributed by atoms with Gasteiger partial charge in [-0.2, -0.15) is 0 Å². The fraction of sp³-hybridized carbons (Fsp3) is 0.167. The number of anilines is 2. The van der Waals surface area contributed by atoms with Crippen LogP contribution in [-0.2, 0) is 14.3 Å². The molecule has 0 saturated heterocycles. The maximum atomic E-state index is 13.3. The van der Waals surface area contributed by atoms with Gasteiger partial charge in [0.15, 0.2) is 0 Å². The summed E-state index contributed by atoms with van der Waals surface area (Å²) in [5.74, 6) is -0.679. The zero-order valence-corrected chi connectivity index (χ0v) is 26.4. The molecule has 0 aromatic heterocycles. The monoisotopic (exact) mass is 637 g/mol. The van der Waals surface area contributed by atoms with Crippen molar-refractivity contribution in [3.05, 3.63) is 126 Å². The number of methoxy groups -OCH3 is 1. The number of amides is 3. The molecule has 0 aliphatic rings. The van der Waals surface area contributed by atoms with E-state index in [-0.39, 0.29) is 23.3 Å². The first-order valence-corrected chi connectivity index (χ1v) is 15.7. The fourth-order valence-electron chi connectivity index (χ4n) is 4.07. The van der Waals surface area contributed by atoms with E-state index in [0.29, 0.717) is 40.4 Å². The summed E-state index contributed by atoms with van der Waals surface area (Å²) in [6.07, 6.45) is 3.34. The summed E-state index contributed by atoms with van der Waals surface area (Å²) in [7, 11) is 1.57. The van der Waals surface area contributed by atoms with Gasteiger partial charge < -0.3 is 25.4 Å². The van der Waals surface area contributed by atoms with Gasteiger partial charge >= 0.3 is 5.97 Å². The first-order chi connectivity index (χ1) is 22.3. The van der Waals surface area contributed by atoms with E-state index in [0.717, 1.165) is 17.7 Å². The molecule has 0 saturated carbocycles. The minimum absolute atomic E-state index is 0.0653. The normalized spacial score (nSPS) is 10.9. The second kappa shape index (κ2) is 17.2. The van der Waals surface area contributed by atoms with E-state index in [9.17, 15) is 19.2 Å². The summed E-state index contributed by atoms with van der Waals surface area (Å²) in [4.78, 5) is 51.6. The zero-order valence-electron chi connectivity index (χ0n) is 25.6. The highest BCUT2D eigenvalue weighted by Gasteiger charge is 2.15. The number of hydrogen-bond acceptors (Lipinski definition) is 7. The van der Waals surface area contributed by atoms with Gasteiger partial charge in [0.25, 0.3) is 11.8 Å². The van der Waals surface area contributed by atoms with Crippen LogP contribution in [0.4, 0.5) is 11.4 Å². The predicted octanol–water partition coefficient (Wildman–Crippen LogP) is 6.79. The quantitative estimate of drug-likeness (QED) is 0.0602. The Hall–Kier alpha value is -5.35. The molecule has 4 rings (SSSR count). The number of carbonyl (C=O) groups excluding carboxylic acids is 4. The molecule has 236 valence electrons. The van der Waals surface area contributed by atoms with E-state index >= 15 is 0 Å². The molecule has 0 aliphatic carbocycles. The maximum absolute atomic E-state index is 13.3. The number of unbranched alkanes of at least 4 members (excludes halogenated alkanes) is 1. The second-order valence-electron chi connectivity index (χ2n) is 10.0. The van der Waals surface area contributed by atoms with Crippen LogP contribution in [0, 0.1) is 0 Å². The van der Waals surface area contributed by atoms with Gasteiger partial charge in [0.1, 0.15) is 11.4 Å². The van der Waals surface area contributed by atoms with Crippen molar-refractivity contribution in [3.63, 3.8) is 0 Å². The largest absolute Gasteiger partial charge is 0.497 e. The smallest absolute Gasteiger partial charge is 0.338 e. The first-order valence-electron chi connectivity index (χ1n) is 14.7. The van der Waals surface area contributed by atoms with E-state index in [4.69, 9.17) is 9.47 Å². The number of ether oxygens (including phenoxy) is 2. The minimum Gasteiger partial charge on any atom is -0.497 e. The number of rotatable bonds is 14. The van der Waals surface area contributed by atoms with Gasteiger partial charge in [0.2, 0.25) is 5.91 Å². The van der Waals surface area contributed by atoms with Crippen LogP contribution in [0.3, 0.4) is 0 Å². The van der Waals surface area contributed by atoms with Gasteiger partial charge in [-0.05, 0) is 90.9 Å². The molecule has 0 unspecified atom stereocenters. The van der Waals surface area contributed by atoms with Crippen LogP contribution in [0.2, 0.25) is 0 Å². The molecule has 3 amide bonds. The van der Waals surface area contributed by atoms with Crippen molar-refractivity contribution in [3.8, 4) is 5.75 Å². The number of thioether (sulfide) groups is 1. The molecule has 0 atom stereocenters. The molecule has 0 fully saturated rings. The fourth-order valence-corrected chi connectivity index (χ4v) is 4.77. The van der Waals surface area contributed by atoms with Crippen molar-refractivity contribution in [1.82, 2.24) is 5.32 Å². The van der Waals surface area contributed by atoms with Crippen LogP contribution in [0.25, 0.3) is 6.08 Å². The van der Waals surface area contributed by atoms with Crippen molar-refractivity contribution >= 4 is 52.9 Å². The summed E-state index contributed by atoms with van der Waals surface area (Å²) >= 11 is 1.33. The van der Waals surface area contributed by atoms with E-state index in [1.54, 1.807) is 116 Å². The van der Waals surface area contributed by atoms with E-state index in [1.807, 2.05) is 6.92 Å². The molecular weight excluding hydrogens is 602 g/mol. The SMILES string of the molecule is CCCCOC(=O)c1ccc(NC(=O)CSc2ccc(NC(=O)/C(=C/c3ccc(OC)cc3)NC(=O)c3ccccc3)cc2)cc1. The van der Waals surface area contributed by atoms with Crippen LogP contribution in [-0.4, -0.2) is 43.2 Å². The summed E-state index contributed by atoms with van der Waals surface area (Å²) < 4.78 is 10.4. The lowest BCUT2D eigenvalue weighted by atomic mass is 10.1. The standard InChI is InChI=1S/C36H35N3O6S/c1-3-4-22-45-36(43)27-12-14-28(15-13-27)37-33(40)24-46-31-20-16-29(17-21-31)38-35(42)32(23-25-10-18-30(44-2)19-11-25)39-34(41)26-8-6-5-7-9-26/h5-21,23H,3-4,22,24H2,1-2H3,(H,37,40)(H,38,42)(H,39,41)/b32-23-. The highest BCUT2D eigenvalue weighted by Crippen LogP contribution is 2.22. The molecule has 9 nitrogen and oxygen atoms in total. The Morgan fingerprint density at radius 3 is 2.07 bits per heavy atom. The second-order valence-corrected chi connectivity index (χ2v) is 11.1. The molecule has 3 N–H and O–H groups in total. The van der Waals surface area contributed by atoms with Crippen molar-refractivity contribution in [2.24, 2.45) is 0 Å². The van der Waals surface area contributed by atoms with Gasteiger partial charge in [-0.15, -0.1) is 11.8 Å². The third kappa shape index (κ3) is 10.4. The van der Waals surface area contributed by atoms with Gasteiger partial charge in [-0.25, -0.2) is 4.79 Å². The average Bonchev–Trinajstić information content (AvgIpc) is 3.08. The Labute approximate surface area is 272 Å². The molecule has 0 radical (unpaired) electrons. The molecule has 10 heteroatoms. The summed E-state index contributed by atoms with van der Waals surface area (Å²) in [6.45, 7) is 2.41. The van der Waals surface area contributed by atoms with Crippen LogP contribution in [0.5, 0.6) is 5.75 Å². The Bertz CT molecular complexity index is 1660. The molecule has 0 aliphatic heterocycles. The highest BCUT2D eigenvalue weighted by molar-refractivity contribution is 8.00. The minimum atomic E-state index is -0.500. The van der Waals surface area contributed by atoms with Crippen LogP contribution < -0.4 is 20.7 Å². The number of hydrogen-bond donors (Lipinski definition) is 3. The number of benzene rings is 4. The molecule has 4 aromatic carbocycles. The lowest BCUT2D eigenvalue weighted by Crippen LogP contribution is -2.30. The number of esters is 1. The van der Waals surface area contributed by atoms with Gasteiger partial charge in [0.05, 0.1) is 25.0 Å². The Balaban J connectivity index is 1.33. The number of nitrogens with one attached hydrogen (secondary N) is 3. The summed E-state index contributed by atoms with van der Waals surface area (Å²) in [5.41, 5.74) is 2.70. The van der Waals surface area contributed by atoms with Crippen molar-refractivity contribution in [1.29, 1.82) is 0 Å². The summed E-state index contributed by atoms with van der Waals surface area (Å²) in [6, 6.07) is 29.3. The van der Waals surface area contributed by atoms with E-state index < -0.39 is 11.8 Å². The third-order valence-corrected chi connectivity index (χ3v) is 7.59. The Kier molecular flexibility index (Phi) is 12.6. The zero-order chi connectivity index (χ0) is 32.7. The number of carbonyl (C=O) groups is 4. The molecule has 46 heavy (non-hydrogen) atoms. The van der Waals surface area contributed by atoms with Crippen molar-refractivity contribution < 1.29 is 28.7 Å². The van der Waals surface area contributed by atoms with Crippen molar-refractivity contribution in [2.45, 2.75) is 24.7 Å². The van der Waals surface area contributed by atoms with E-state index in [2.05, 4.69) is 16.0 Å². The van der Waals surface area contributed by atoms with Crippen LogP contribution >= 0.6 is 11.8 Å². The van der Waals surface area contributed by atoms with Gasteiger partial charge in [0, 0.05) is 21.8 Å². The van der Waals surface area contributed by atoms with E-state index in [1.165, 1.54) is 11.8 Å². The first kappa shape index (κ1) is 33.5. The Morgan fingerprint density at radius 1 is 0.761 bits per heavy atom. The summed E-state index contributed by atoms with van der Waals surface area (Å²) in [5, 5.41) is 8.36. The molecule has 0 bridgehead atoms.